The number of rotatable bonds is 3. The molecule has 0 amide bonds. The molecule has 78 valence electrons. The second-order valence-corrected chi connectivity index (χ2v) is 3.53. The first-order valence-corrected chi connectivity index (χ1v) is 4.92. The molecule has 15 heavy (non-hydrogen) atoms. The molecule has 0 spiro atoms. The molecule has 1 heterocycles. The second-order valence-electron chi connectivity index (χ2n) is 3.53. The molecule has 0 bridgehead atoms. The molecule has 0 aliphatic carbocycles. The van der Waals surface area contributed by atoms with Crippen LogP contribution in [0.5, 0.6) is 5.75 Å². The topological polar surface area (TPSA) is 35.3 Å². The third-order valence-electron chi connectivity index (χ3n) is 1.91. The van der Waals surface area contributed by atoms with Crippen LogP contribution in [0.15, 0.2) is 41.1 Å². The molecule has 0 atom stereocenters. The summed E-state index contributed by atoms with van der Waals surface area (Å²) in [5.41, 5.74) is 0.955. The average Bonchev–Trinajstić information content (AvgIpc) is 2.71. The zero-order valence-electron chi connectivity index (χ0n) is 8.81. The van der Waals surface area contributed by atoms with Crippen LogP contribution in [0.1, 0.15) is 13.8 Å². The summed E-state index contributed by atoms with van der Waals surface area (Å²) in [6.07, 6.45) is 3.39. The number of benzene rings is 1. The van der Waals surface area contributed by atoms with Gasteiger partial charge in [0.15, 0.2) is 0 Å². The summed E-state index contributed by atoms with van der Waals surface area (Å²) in [6.45, 7) is 4.00. The highest BCUT2D eigenvalue weighted by atomic mass is 16.5. The van der Waals surface area contributed by atoms with E-state index in [1.807, 2.05) is 38.1 Å². The third kappa shape index (κ3) is 2.37. The Morgan fingerprint density at radius 1 is 1.20 bits per heavy atom. The van der Waals surface area contributed by atoms with Crippen LogP contribution < -0.4 is 4.74 Å². The minimum atomic E-state index is 0.192. The first kappa shape index (κ1) is 9.77. The van der Waals surface area contributed by atoms with Gasteiger partial charge in [-0.15, -0.1) is 0 Å². The van der Waals surface area contributed by atoms with E-state index in [-0.39, 0.29) is 6.10 Å². The average molecular weight is 203 g/mol. The SMILES string of the molecule is CC(C)Oc1ccc(-c2ncco2)cc1. The first-order chi connectivity index (χ1) is 7.25. The maximum absolute atomic E-state index is 5.54. The summed E-state index contributed by atoms with van der Waals surface area (Å²) >= 11 is 0. The van der Waals surface area contributed by atoms with Gasteiger partial charge in [-0.05, 0) is 38.1 Å². The van der Waals surface area contributed by atoms with Gasteiger partial charge >= 0.3 is 0 Å². The maximum atomic E-state index is 5.54. The zero-order valence-corrected chi connectivity index (χ0v) is 8.81. The standard InChI is InChI=1S/C12H13NO2/c1-9(2)15-11-5-3-10(4-6-11)12-13-7-8-14-12/h3-9H,1-2H3. The molecular formula is C12H13NO2. The number of oxazole rings is 1. The molecule has 2 aromatic rings. The van der Waals surface area contributed by atoms with Gasteiger partial charge in [0.25, 0.3) is 0 Å². The Morgan fingerprint density at radius 2 is 1.93 bits per heavy atom. The van der Waals surface area contributed by atoms with Crippen LogP contribution in [0.4, 0.5) is 0 Å². The monoisotopic (exact) mass is 203 g/mol. The Hall–Kier alpha value is -1.77. The van der Waals surface area contributed by atoms with Crippen LogP contribution in [0.3, 0.4) is 0 Å². The number of hydrogen-bond acceptors (Lipinski definition) is 3. The van der Waals surface area contributed by atoms with E-state index in [1.54, 1.807) is 12.5 Å². The van der Waals surface area contributed by atoms with Crippen molar-refractivity contribution in [1.82, 2.24) is 4.98 Å². The fourth-order valence-electron chi connectivity index (χ4n) is 1.31. The number of aromatic nitrogens is 1. The fraction of sp³-hybridized carbons (Fsp3) is 0.250. The predicted molar refractivity (Wildman–Crippen MR) is 57.7 cm³/mol. The molecule has 0 radical (unpaired) electrons. The molecule has 0 N–H and O–H groups in total. The lowest BCUT2D eigenvalue weighted by molar-refractivity contribution is 0.242. The van der Waals surface area contributed by atoms with E-state index in [0.717, 1.165) is 11.3 Å². The smallest absolute Gasteiger partial charge is 0.225 e. The molecule has 1 aromatic carbocycles. The number of nitrogens with zero attached hydrogens (tertiary/aromatic N) is 1. The van der Waals surface area contributed by atoms with Gasteiger partial charge in [-0.3, -0.25) is 0 Å². The molecule has 0 aliphatic heterocycles. The highest BCUT2D eigenvalue weighted by molar-refractivity contribution is 5.54. The van der Waals surface area contributed by atoms with E-state index in [1.165, 1.54) is 0 Å². The van der Waals surface area contributed by atoms with E-state index in [0.29, 0.717) is 5.89 Å². The van der Waals surface area contributed by atoms with Gasteiger partial charge in [0.2, 0.25) is 5.89 Å². The lowest BCUT2D eigenvalue weighted by Gasteiger charge is -2.09. The van der Waals surface area contributed by atoms with Gasteiger partial charge in [0.1, 0.15) is 12.0 Å². The minimum absolute atomic E-state index is 0.192. The normalized spacial score (nSPS) is 10.6. The zero-order chi connectivity index (χ0) is 10.7. The van der Waals surface area contributed by atoms with E-state index in [4.69, 9.17) is 9.15 Å². The van der Waals surface area contributed by atoms with Crippen molar-refractivity contribution in [2.24, 2.45) is 0 Å². The molecule has 0 aliphatic rings. The number of hydrogen-bond donors (Lipinski definition) is 0. The predicted octanol–water partition coefficient (Wildman–Crippen LogP) is 3.13. The van der Waals surface area contributed by atoms with Crippen LogP contribution >= 0.6 is 0 Å². The van der Waals surface area contributed by atoms with Crippen molar-refractivity contribution in [1.29, 1.82) is 0 Å². The molecule has 2 rings (SSSR count). The molecule has 0 fully saturated rings. The van der Waals surface area contributed by atoms with Crippen molar-refractivity contribution in [2.45, 2.75) is 20.0 Å². The van der Waals surface area contributed by atoms with Crippen LogP contribution in [-0.4, -0.2) is 11.1 Å². The summed E-state index contributed by atoms with van der Waals surface area (Å²) in [7, 11) is 0. The molecule has 3 heteroatoms. The highest BCUT2D eigenvalue weighted by Crippen LogP contribution is 2.21. The molecule has 3 nitrogen and oxygen atoms in total. The van der Waals surface area contributed by atoms with Crippen molar-refractivity contribution >= 4 is 0 Å². The van der Waals surface area contributed by atoms with Gasteiger partial charge in [-0.1, -0.05) is 0 Å². The highest BCUT2D eigenvalue weighted by Gasteiger charge is 2.02. The van der Waals surface area contributed by atoms with Crippen molar-refractivity contribution in [3.8, 4) is 17.2 Å². The van der Waals surface area contributed by atoms with Crippen molar-refractivity contribution < 1.29 is 9.15 Å². The van der Waals surface area contributed by atoms with Crippen molar-refractivity contribution in [2.75, 3.05) is 0 Å². The Bertz CT molecular complexity index is 404. The van der Waals surface area contributed by atoms with Gasteiger partial charge in [-0.2, -0.15) is 0 Å². The Labute approximate surface area is 88.7 Å². The largest absolute Gasteiger partial charge is 0.491 e. The van der Waals surface area contributed by atoms with E-state index in [9.17, 15) is 0 Å². The van der Waals surface area contributed by atoms with E-state index < -0.39 is 0 Å². The molecule has 0 saturated heterocycles. The first-order valence-electron chi connectivity index (χ1n) is 4.92. The van der Waals surface area contributed by atoms with Crippen LogP contribution in [0.2, 0.25) is 0 Å². The minimum Gasteiger partial charge on any atom is -0.491 e. The molecule has 1 aromatic heterocycles. The summed E-state index contributed by atoms with van der Waals surface area (Å²) in [5.74, 6) is 1.49. The van der Waals surface area contributed by atoms with Gasteiger partial charge in [0.05, 0.1) is 12.3 Å². The molecule has 0 unspecified atom stereocenters. The van der Waals surface area contributed by atoms with Crippen LogP contribution in [-0.2, 0) is 0 Å². The summed E-state index contributed by atoms with van der Waals surface area (Å²) in [5, 5.41) is 0. The number of ether oxygens (including phenoxy) is 1. The van der Waals surface area contributed by atoms with Crippen LogP contribution in [0.25, 0.3) is 11.5 Å². The summed E-state index contributed by atoms with van der Waals surface area (Å²) in [6, 6.07) is 7.70. The second kappa shape index (κ2) is 4.17. The van der Waals surface area contributed by atoms with Crippen LogP contribution in [0, 0.1) is 0 Å². The van der Waals surface area contributed by atoms with E-state index in [2.05, 4.69) is 4.98 Å². The summed E-state index contributed by atoms with van der Waals surface area (Å²) < 4.78 is 10.7. The van der Waals surface area contributed by atoms with Gasteiger partial charge < -0.3 is 9.15 Å². The third-order valence-corrected chi connectivity index (χ3v) is 1.91. The Balaban J connectivity index is 2.17. The summed E-state index contributed by atoms with van der Waals surface area (Å²) in [4.78, 5) is 4.07. The lowest BCUT2D eigenvalue weighted by Crippen LogP contribution is -2.05. The van der Waals surface area contributed by atoms with Crippen molar-refractivity contribution in [3.63, 3.8) is 0 Å². The lowest BCUT2D eigenvalue weighted by atomic mass is 10.2. The van der Waals surface area contributed by atoms with Gasteiger partial charge in [-0.25, -0.2) is 4.98 Å². The Kier molecular flexibility index (Phi) is 2.72. The quantitative estimate of drug-likeness (QED) is 0.768. The Morgan fingerprint density at radius 3 is 2.47 bits per heavy atom. The van der Waals surface area contributed by atoms with Crippen molar-refractivity contribution in [3.05, 3.63) is 36.7 Å². The molecular weight excluding hydrogens is 190 g/mol. The fourth-order valence-corrected chi connectivity index (χ4v) is 1.31. The van der Waals surface area contributed by atoms with E-state index >= 15 is 0 Å². The van der Waals surface area contributed by atoms with Gasteiger partial charge in [0, 0.05) is 5.56 Å². The molecule has 0 saturated carbocycles. The maximum Gasteiger partial charge on any atom is 0.225 e.